The van der Waals surface area contributed by atoms with Crippen LogP contribution in [-0.4, -0.2) is 30.4 Å². The molecule has 0 spiro atoms. The van der Waals surface area contributed by atoms with Crippen molar-refractivity contribution >= 4 is 0 Å². The highest BCUT2D eigenvalue weighted by atomic mass is 19.4. The predicted octanol–water partition coefficient (Wildman–Crippen LogP) is 3.33. The highest BCUT2D eigenvalue weighted by Crippen LogP contribution is 2.37. The van der Waals surface area contributed by atoms with Crippen LogP contribution >= 0.6 is 0 Å². The predicted molar refractivity (Wildman–Crippen MR) is 98.0 cm³/mol. The summed E-state index contributed by atoms with van der Waals surface area (Å²) in [7, 11) is 0. The summed E-state index contributed by atoms with van der Waals surface area (Å²) in [6, 6.07) is 13.3. The van der Waals surface area contributed by atoms with Crippen molar-refractivity contribution in [3.8, 4) is 17.9 Å². The van der Waals surface area contributed by atoms with Crippen LogP contribution in [0.25, 0.3) is 0 Å². The Morgan fingerprint density at radius 1 is 1.10 bits per heavy atom. The summed E-state index contributed by atoms with van der Waals surface area (Å²) in [5.74, 6) is 0.232. The molecule has 3 atom stereocenters. The van der Waals surface area contributed by atoms with Crippen molar-refractivity contribution in [2.45, 2.75) is 30.6 Å². The van der Waals surface area contributed by atoms with E-state index in [2.05, 4.69) is 5.32 Å². The Morgan fingerprint density at radius 2 is 1.83 bits per heavy atom. The van der Waals surface area contributed by atoms with Gasteiger partial charge in [0, 0.05) is 18.0 Å². The van der Waals surface area contributed by atoms with Crippen LogP contribution in [0, 0.1) is 22.7 Å². The molecule has 0 aliphatic carbocycles. The molecule has 2 aromatic carbocycles. The average Bonchev–Trinajstić information content (AvgIpc) is 3.15. The van der Waals surface area contributed by atoms with Crippen molar-refractivity contribution in [3.63, 3.8) is 0 Å². The minimum absolute atomic E-state index is 0.169. The van der Waals surface area contributed by atoms with E-state index >= 15 is 0 Å². The van der Waals surface area contributed by atoms with Crippen LogP contribution in [0.3, 0.4) is 0 Å². The number of hydrogen-bond donors (Lipinski definition) is 2. The average molecular weight is 401 g/mol. The molecule has 0 bridgehead atoms. The molecule has 1 aliphatic rings. The SMILES string of the molecule is N#Cc1ccc(OC[C@@H]2CC(c3ccc(C#N)c(C(F)(F)F)c3)[C@H](CO)N2)cc1. The molecular formula is C21H18F3N3O2. The third kappa shape index (κ3) is 4.68. The van der Waals surface area contributed by atoms with Crippen molar-refractivity contribution in [2.24, 2.45) is 0 Å². The molecule has 0 radical (unpaired) electrons. The lowest BCUT2D eigenvalue weighted by molar-refractivity contribution is -0.137. The Morgan fingerprint density at radius 3 is 2.41 bits per heavy atom. The number of aliphatic hydroxyl groups is 1. The van der Waals surface area contributed by atoms with E-state index in [1.807, 2.05) is 6.07 Å². The van der Waals surface area contributed by atoms with Gasteiger partial charge in [0.25, 0.3) is 0 Å². The molecule has 8 heteroatoms. The fourth-order valence-electron chi connectivity index (χ4n) is 3.57. The molecular weight excluding hydrogens is 383 g/mol. The third-order valence-corrected chi connectivity index (χ3v) is 5.00. The highest BCUT2D eigenvalue weighted by Gasteiger charge is 2.38. The van der Waals surface area contributed by atoms with E-state index in [0.29, 0.717) is 23.3 Å². The molecule has 1 fully saturated rings. The lowest BCUT2D eigenvalue weighted by Gasteiger charge is -2.19. The first-order valence-electron chi connectivity index (χ1n) is 8.96. The maximum Gasteiger partial charge on any atom is 0.417 e. The van der Waals surface area contributed by atoms with Gasteiger partial charge in [0.1, 0.15) is 12.4 Å². The summed E-state index contributed by atoms with van der Waals surface area (Å²) < 4.78 is 45.5. The molecule has 0 saturated carbocycles. The zero-order valence-electron chi connectivity index (χ0n) is 15.3. The Hall–Kier alpha value is -3.07. The van der Waals surface area contributed by atoms with Crippen LogP contribution < -0.4 is 10.1 Å². The van der Waals surface area contributed by atoms with Crippen LogP contribution in [0.4, 0.5) is 13.2 Å². The zero-order valence-corrected chi connectivity index (χ0v) is 15.3. The first kappa shape index (κ1) is 20.7. The van der Waals surface area contributed by atoms with Gasteiger partial charge in [-0.25, -0.2) is 0 Å². The van der Waals surface area contributed by atoms with Gasteiger partial charge < -0.3 is 15.2 Å². The van der Waals surface area contributed by atoms with E-state index in [1.54, 1.807) is 30.3 Å². The van der Waals surface area contributed by atoms with Crippen molar-refractivity contribution in [1.82, 2.24) is 5.32 Å². The number of alkyl halides is 3. The van der Waals surface area contributed by atoms with Gasteiger partial charge in [-0.1, -0.05) is 6.07 Å². The second-order valence-corrected chi connectivity index (χ2v) is 6.86. The number of nitrogens with one attached hydrogen (secondary N) is 1. The van der Waals surface area contributed by atoms with Gasteiger partial charge in [0.2, 0.25) is 0 Å². The number of aliphatic hydroxyl groups excluding tert-OH is 1. The van der Waals surface area contributed by atoms with Gasteiger partial charge in [0.05, 0.1) is 35.4 Å². The summed E-state index contributed by atoms with van der Waals surface area (Å²) >= 11 is 0. The fourth-order valence-corrected chi connectivity index (χ4v) is 3.57. The Balaban J connectivity index is 1.73. The number of benzene rings is 2. The zero-order chi connectivity index (χ0) is 21.0. The maximum absolute atomic E-state index is 13.3. The molecule has 2 aromatic rings. The monoisotopic (exact) mass is 401 g/mol. The van der Waals surface area contributed by atoms with Crippen LogP contribution in [0.2, 0.25) is 0 Å². The van der Waals surface area contributed by atoms with Gasteiger partial charge in [-0.2, -0.15) is 23.7 Å². The number of hydrogen-bond acceptors (Lipinski definition) is 5. The second kappa shape index (κ2) is 8.52. The molecule has 1 aliphatic heterocycles. The number of nitrogens with zero attached hydrogens (tertiary/aromatic N) is 2. The second-order valence-electron chi connectivity index (χ2n) is 6.86. The summed E-state index contributed by atoms with van der Waals surface area (Å²) in [5.41, 5.74) is -0.457. The minimum atomic E-state index is -4.63. The minimum Gasteiger partial charge on any atom is -0.492 e. The van der Waals surface area contributed by atoms with E-state index in [-0.39, 0.29) is 25.2 Å². The van der Waals surface area contributed by atoms with Gasteiger partial charge in [-0.3, -0.25) is 0 Å². The van der Waals surface area contributed by atoms with Crippen molar-refractivity contribution in [3.05, 3.63) is 64.7 Å². The van der Waals surface area contributed by atoms with E-state index in [0.717, 1.165) is 6.07 Å². The van der Waals surface area contributed by atoms with Crippen molar-refractivity contribution in [1.29, 1.82) is 10.5 Å². The quantitative estimate of drug-likeness (QED) is 0.802. The summed E-state index contributed by atoms with van der Waals surface area (Å²) in [5, 5.41) is 30.6. The molecule has 150 valence electrons. The number of rotatable bonds is 5. The first-order chi connectivity index (χ1) is 13.9. The Bertz CT molecular complexity index is 946. The van der Waals surface area contributed by atoms with E-state index in [9.17, 15) is 18.3 Å². The van der Waals surface area contributed by atoms with Crippen LogP contribution in [0.5, 0.6) is 5.75 Å². The summed E-state index contributed by atoms with van der Waals surface area (Å²) in [6.45, 7) is 0.0285. The lowest BCUT2D eigenvalue weighted by Crippen LogP contribution is -2.36. The van der Waals surface area contributed by atoms with E-state index < -0.39 is 23.3 Å². The largest absolute Gasteiger partial charge is 0.492 e. The van der Waals surface area contributed by atoms with Crippen LogP contribution in [-0.2, 0) is 6.18 Å². The normalized spacial score (nSPS) is 21.4. The maximum atomic E-state index is 13.3. The Labute approximate surface area is 166 Å². The molecule has 3 rings (SSSR count). The molecule has 0 amide bonds. The molecule has 29 heavy (non-hydrogen) atoms. The van der Waals surface area contributed by atoms with Gasteiger partial charge >= 0.3 is 6.18 Å². The lowest BCUT2D eigenvalue weighted by atomic mass is 9.89. The van der Waals surface area contributed by atoms with Crippen LogP contribution in [0.15, 0.2) is 42.5 Å². The van der Waals surface area contributed by atoms with E-state index in [4.69, 9.17) is 15.3 Å². The smallest absolute Gasteiger partial charge is 0.417 e. The molecule has 0 aromatic heterocycles. The topological polar surface area (TPSA) is 89.1 Å². The van der Waals surface area contributed by atoms with Gasteiger partial charge in [-0.15, -0.1) is 0 Å². The van der Waals surface area contributed by atoms with Crippen LogP contribution in [0.1, 0.15) is 34.6 Å². The van der Waals surface area contributed by atoms with E-state index in [1.165, 1.54) is 12.1 Å². The number of ether oxygens (including phenoxy) is 1. The number of nitriles is 2. The summed E-state index contributed by atoms with van der Waals surface area (Å²) in [6.07, 6.45) is -4.15. The number of halogens is 3. The molecule has 1 unspecified atom stereocenters. The first-order valence-corrected chi connectivity index (χ1v) is 8.96. The van der Waals surface area contributed by atoms with Gasteiger partial charge in [-0.05, 0) is 48.4 Å². The standard InChI is InChI=1S/C21H18F3N3O2/c22-21(23,24)19-7-14(3-4-15(19)10-26)18-8-16(27-20(18)11-28)12-29-17-5-1-13(9-25)2-6-17/h1-7,16,18,20,27-28H,8,11-12H2/t16-,18?,20-/m0/s1. The molecule has 2 N–H and O–H groups in total. The molecule has 5 nitrogen and oxygen atoms in total. The van der Waals surface area contributed by atoms with Crippen molar-refractivity contribution in [2.75, 3.05) is 13.2 Å². The fraction of sp³-hybridized carbons (Fsp3) is 0.333. The highest BCUT2D eigenvalue weighted by molar-refractivity contribution is 5.43. The van der Waals surface area contributed by atoms with Crippen molar-refractivity contribution < 1.29 is 23.0 Å². The van der Waals surface area contributed by atoms with Gasteiger partial charge in [0.15, 0.2) is 0 Å². The Kier molecular flexibility index (Phi) is 6.07. The third-order valence-electron chi connectivity index (χ3n) is 5.00. The molecule has 1 saturated heterocycles. The summed E-state index contributed by atoms with van der Waals surface area (Å²) in [4.78, 5) is 0. The molecule has 1 heterocycles.